The van der Waals surface area contributed by atoms with E-state index in [1.54, 1.807) is 85.0 Å². The first-order chi connectivity index (χ1) is 52.7. The van der Waals surface area contributed by atoms with E-state index in [4.69, 9.17) is 71.9 Å². The van der Waals surface area contributed by atoms with E-state index in [-0.39, 0.29) is 49.6 Å². The first-order valence-electron chi connectivity index (χ1n) is 37.3. The minimum absolute atomic E-state index is 0.00309. The highest BCUT2D eigenvalue weighted by Crippen LogP contribution is 2.38. The van der Waals surface area contributed by atoms with Gasteiger partial charge in [-0.25, -0.2) is 38.5 Å². The second-order valence-electron chi connectivity index (χ2n) is 25.6. The van der Waals surface area contributed by atoms with Crippen LogP contribution in [0.1, 0.15) is 152 Å². The Bertz CT molecular complexity index is 3700. The van der Waals surface area contributed by atoms with Crippen molar-refractivity contribution in [1.82, 2.24) is 0 Å². The molecule has 21 nitrogen and oxygen atoms in total. The molecule has 0 N–H and O–H groups in total. The van der Waals surface area contributed by atoms with E-state index in [0.717, 1.165) is 80.7 Å². The SMILES string of the molecule is C=CC(=O)OCCCCCCOC1C=CC(C(=O)Oc2ccc(C#N)cc2)=CC1.C=CC(=O)OCCCCCCOC1C=CC(C(=O)Oc2ccc(C3CCC(CCC)CC3)cc2)=CC1.C=CCOOCCCOc1ccc(OCOc2ccc(OC(=O)C3=CCC(OCCCOC(=O)C=C)C=C3)cc2C)cc1. The summed E-state index contributed by atoms with van der Waals surface area (Å²) in [6.07, 6.45) is 39.6. The van der Waals surface area contributed by atoms with Gasteiger partial charge >= 0.3 is 35.8 Å². The zero-order valence-corrected chi connectivity index (χ0v) is 62.5. The Morgan fingerprint density at radius 1 is 0.463 bits per heavy atom. The van der Waals surface area contributed by atoms with Crippen LogP contribution in [0.15, 0.2) is 213 Å². The third-order valence-corrected chi connectivity index (χ3v) is 17.3. The second-order valence-corrected chi connectivity index (χ2v) is 25.6. The van der Waals surface area contributed by atoms with Crippen molar-refractivity contribution in [1.29, 1.82) is 5.26 Å². The van der Waals surface area contributed by atoms with Gasteiger partial charge in [-0.1, -0.05) is 107 Å². The number of carbonyl (C=O) groups excluding carboxylic acids is 6. The van der Waals surface area contributed by atoms with E-state index in [2.05, 4.69) is 45.4 Å². The Kier molecular flexibility index (Phi) is 41.7. The van der Waals surface area contributed by atoms with Gasteiger partial charge in [0.2, 0.25) is 6.79 Å². The predicted octanol–water partition coefficient (Wildman–Crippen LogP) is 16.9. The van der Waals surface area contributed by atoms with Crippen LogP contribution in [0.3, 0.4) is 0 Å². The Balaban J connectivity index is 0.000000258. The van der Waals surface area contributed by atoms with Crippen molar-refractivity contribution in [2.24, 2.45) is 5.92 Å². The Morgan fingerprint density at radius 3 is 1.33 bits per heavy atom. The number of ether oxygens (including phenoxy) is 12. The maximum Gasteiger partial charge on any atom is 0.343 e. The molecule has 0 aliphatic heterocycles. The van der Waals surface area contributed by atoms with Gasteiger partial charge in [0, 0.05) is 44.3 Å². The van der Waals surface area contributed by atoms with Crippen LogP contribution < -0.4 is 28.4 Å². The largest absolute Gasteiger partial charge is 0.494 e. The van der Waals surface area contributed by atoms with Crippen LogP contribution in [0.25, 0.3) is 0 Å². The van der Waals surface area contributed by atoms with Crippen LogP contribution in [0.2, 0.25) is 0 Å². The smallest absolute Gasteiger partial charge is 0.343 e. The third-order valence-electron chi connectivity index (χ3n) is 17.3. The van der Waals surface area contributed by atoms with E-state index in [0.29, 0.717) is 142 Å². The summed E-state index contributed by atoms with van der Waals surface area (Å²) in [4.78, 5) is 80.1. The molecule has 8 rings (SSSR count). The Morgan fingerprint density at radius 2 is 0.889 bits per heavy atom. The number of carbonyl (C=O) groups is 6. The molecule has 4 aliphatic rings. The van der Waals surface area contributed by atoms with Crippen molar-refractivity contribution in [3.63, 3.8) is 0 Å². The lowest BCUT2D eigenvalue weighted by Gasteiger charge is -2.28. The topological polar surface area (TPSA) is 255 Å². The fourth-order valence-electron chi connectivity index (χ4n) is 11.4. The van der Waals surface area contributed by atoms with Crippen LogP contribution in [0.4, 0.5) is 0 Å². The summed E-state index contributed by atoms with van der Waals surface area (Å²) in [5.41, 5.74) is 4.17. The lowest BCUT2D eigenvalue weighted by atomic mass is 9.77. The molecular weight excluding hydrogens is 1380 g/mol. The minimum atomic E-state index is -0.458. The number of nitrogens with zero attached hydrogens (tertiary/aromatic N) is 1. The normalized spacial score (nSPS) is 16.8. The quantitative estimate of drug-likeness (QED) is 0.00458. The van der Waals surface area contributed by atoms with E-state index >= 15 is 0 Å². The number of hydrogen-bond acceptors (Lipinski definition) is 21. The van der Waals surface area contributed by atoms with Crippen LogP contribution in [0, 0.1) is 24.2 Å². The fourth-order valence-corrected chi connectivity index (χ4v) is 11.4. The molecule has 1 saturated carbocycles. The predicted molar refractivity (Wildman–Crippen MR) is 410 cm³/mol. The minimum Gasteiger partial charge on any atom is -0.494 e. The van der Waals surface area contributed by atoms with Crippen molar-refractivity contribution < 1.29 is 95.4 Å². The van der Waals surface area contributed by atoms with Crippen molar-refractivity contribution >= 4 is 35.8 Å². The summed E-state index contributed by atoms with van der Waals surface area (Å²) in [6.45, 7) is 21.9. The molecule has 0 amide bonds. The van der Waals surface area contributed by atoms with Gasteiger partial charge in [0.05, 0.1) is 86.3 Å². The molecule has 0 saturated heterocycles. The maximum absolute atomic E-state index is 12.6. The van der Waals surface area contributed by atoms with Crippen molar-refractivity contribution in [2.45, 2.75) is 160 Å². The van der Waals surface area contributed by atoms with Crippen LogP contribution in [-0.4, -0.2) is 120 Å². The molecule has 578 valence electrons. The molecule has 3 unspecified atom stereocenters. The Hall–Kier alpha value is -10.2. The number of benzene rings is 4. The average Bonchev–Trinajstić information content (AvgIpc) is 0.856. The van der Waals surface area contributed by atoms with Crippen molar-refractivity contribution in [3.05, 3.63) is 230 Å². The van der Waals surface area contributed by atoms with Crippen molar-refractivity contribution in [3.8, 4) is 40.6 Å². The molecule has 4 aromatic rings. The number of unbranched alkanes of at least 4 members (excludes halogenated alkanes) is 6. The number of aryl methyl sites for hydroxylation is 1. The lowest BCUT2D eigenvalue weighted by molar-refractivity contribution is -0.287. The highest BCUT2D eigenvalue weighted by Gasteiger charge is 2.24. The fraction of sp³-hybridized carbons (Fsp3) is 0.414. The molecule has 4 aliphatic carbocycles. The first kappa shape index (κ1) is 86.7. The van der Waals surface area contributed by atoms with E-state index in [1.165, 1.54) is 50.2 Å². The van der Waals surface area contributed by atoms with Gasteiger partial charge in [0.15, 0.2) is 0 Å². The molecule has 21 heteroatoms. The molecule has 108 heavy (non-hydrogen) atoms. The summed E-state index contributed by atoms with van der Waals surface area (Å²) in [5.74, 6) is 2.47. The van der Waals surface area contributed by atoms with Gasteiger partial charge in [-0.2, -0.15) is 5.26 Å². The molecule has 3 atom stereocenters. The standard InChI is InChI=1S/C33H38O10.C31H42O5.C23H25NO5/c1-4-18-41-42-22-7-20-37-28-12-14-29(15-13-28)39-24-40-31-17-16-30(23-25(31)3)43-33(35)26-8-10-27(11-9-26)36-19-6-21-38-32(34)5-2;1-3-9-24-10-12-25(13-11-24)26-14-20-29(21-15-26)36-31(33)27-16-18-28(19-17-27)34-22-7-5-6-8-23-35-30(32)4-2;1-2-22(25)28-16-6-4-3-5-15-27-20-13-9-19(10-14-20)23(26)29-21-11-7-18(17-24)8-12-21/h4-5,8-10,12-17,23,27H,1-2,6-7,11,18-22,24H2,3H3;4,14-18,20-21,24-25,28H,2-3,5-13,19,22-23H2,1H3;2,7-13,20H,1,3-6,14-16H2. The molecule has 0 aromatic heterocycles. The van der Waals surface area contributed by atoms with Crippen molar-refractivity contribution in [2.75, 3.05) is 66.3 Å². The molecule has 0 bridgehead atoms. The zero-order valence-electron chi connectivity index (χ0n) is 62.5. The van der Waals surface area contributed by atoms with E-state index in [1.807, 2.05) is 67.6 Å². The summed E-state index contributed by atoms with van der Waals surface area (Å²) in [7, 11) is 0. The Labute approximate surface area is 636 Å². The van der Waals surface area contributed by atoms with Crippen LogP contribution in [-0.2, 0) is 67.0 Å². The van der Waals surface area contributed by atoms with E-state index in [9.17, 15) is 28.8 Å². The summed E-state index contributed by atoms with van der Waals surface area (Å²) >= 11 is 0. The average molecular weight is 1480 g/mol. The molecule has 4 aromatic carbocycles. The second kappa shape index (κ2) is 51.9. The van der Waals surface area contributed by atoms with Gasteiger partial charge in [-0.3, -0.25) is 0 Å². The highest BCUT2D eigenvalue weighted by atomic mass is 17.2. The monoisotopic (exact) mass is 1480 g/mol. The van der Waals surface area contributed by atoms with Gasteiger partial charge < -0.3 is 56.8 Å². The molecule has 0 spiro atoms. The van der Waals surface area contributed by atoms with E-state index < -0.39 is 17.9 Å². The van der Waals surface area contributed by atoms with Gasteiger partial charge in [0.25, 0.3) is 0 Å². The first-order valence-corrected chi connectivity index (χ1v) is 37.3. The number of rotatable bonds is 45. The molecule has 1 fully saturated rings. The molecule has 0 radical (unpaired) electrons. The summed E-state index contributed by atoms with van der Waals surface area (Å²) in [6, 6.07) is 28.9. The van der Waals surface area contributed by atoms with Gasteiger partial charge in [-0.05, 0) is 210 Å². The number of hydrogen-bond donors (Lipinski definition) is 0. The maximum atomic E-state index is 12.6. The number of nitriles is 1. The van der Waals surface area contributed by atoms with Crippen LogP contribution in [0.5, 0.6) is 34.5 Å². The summed E-state index contributed by atoms with van der Waals surface area (Å²) < 4.78 is 65.8. The molecular formula is C87H105NO20. The zero-order chi connectivity index (χ0) is 77.2. The third kappa shape index (κ3) is 35.0. The van der Waals surface area contributed by atoms with Crippen LogP contribution >= 0.6 is 0 Å². The van der Waals surface area contributed by atoms with Gasteiger partial charge in [-0.15, -0.1) is 6.58 Å². The van der Waals surface area contributed by atoms with Gasteiger partial charge in [0.1, 0.15) is 41.1 Å². The number of esters is 6. The highest BCUT2D eigenvalue weighted by molar-refractivity contribution is 5.94. The lowest BCUT2D eigenvalue weighted by Crippen LogP contribution is -2.17. The molecule has 0 heterocycles. The summed E-state index contributed by atoms with van der Waals surface area (Å²) in [5, 5.41) is 8.78.